The molecule has 7 heteroatoms. The molecule has 1 aliphatic rings. The standard InChI is InChI=1S/C20H15ClN4O2/c21-14-5-6-15-13(9-14)11-16(23-15)19(26)24-17-10-12-3-1-2-4-18(12)25(8-7-22)20(17)27/h1-6,9,11,17,23H,8,10H2,(H,24,26)/t17-/m0/s1. The van der Waals surface area contributed by atoms with Crippen molar-refractivity contribution >= 4 is 40.0 Å². The third kappa shape index (κ3) is 3.14. The molecular formula is C20H15ClN4O2. The number of H-pyrrole nitrogens is 1. The first-order chi connectivity index (χ1) is 13.1. The maximum absolute atomic E-state index is 12.8. The minimum Gasteiger partial charge on any atom is -0.351 e. The molecule has 0 radical (unpaired) electrons. The number of aromatic amines is 1. The van der Waals surface area contributed by atoms with E-state index >= 15 is 0 Å². The van der Waals surface area contributed by atoms with Crippen molar-refractivity contribution in [2.45, 2.75) is 12.5 Å². The molecule has 2 amide bonds. The second-order valence-corrected chi connectivity index (χ2v) is 6.79. The number of nitrogens with zero attached hydrogens (tertiary/aromatic N) is 2. The fraction of sp³-hybridized carbons (Fsp3) is 0.150. The van der Waals surface area contributed by atoms with Crippen molar-refractivity contribution in [2.24, 2.45) is 0 Å². The van der Waals surface area contributed by atoms with Gasteiger partial charge in [0.05, 0.1) is 6.07 Å². The summed E-state index contributed by atoms with van der Waals surface area (Å²) in [4.78, 5) is 29.9. The molecule has 1 aromatic heterocycles. The SMILES string of the molecule is N#CCN1C(=O)[C@@H](NC(=O)c2cc3cc(Cl)ccc3[nH]2)Cc2ccccc21. The number of amides is 2. The van der Waals surface area contributed by atoms with E-state index in [1.807, 2.05) is 30.3 Å². The van der Waals surface area contributed by atoms with Crippen LogP contribution in [0.5, 0.6) is 0 Å². The van der Waals surface area contributed by atoms with Crippen molar-refractivity contribution in [1.82, 2.24) is 10.3 Å². The van der Waals surface area contributed by atoms with Crippen molar-refractivity contribution in [3.8, 4) is 6.07 Å². The van der Waals surface area contributed by atoms with Crippen LogP contribution in [0, 0.1) is 11.3 Å². The van der Waals surface area contributed by atoms with Gasteiger partial charge in [-0.2, -0.15) is 5.26 Å². The average molecular weight is 379 g/mol. The molecule has 0 saturated heterocycles. The molecule has 3 aromatic rings. The van der Waals surface area contributed by atoms with Crippen LogP contribution in [0.1, 0.15) is 16.1 Å². The zero-order valence-electron chi connectivity index (χ0n) is 14.2. The van der Waals surface area contributed by atoms with Gasteiger partial charge in [0.25, 0.3) is 11.8 Å². The molecule has 0 fully saturated rings. The first kappa shape index (κ1) is 17.1. The Labute approximate surface area is 160 Å². The Morgan fingerprint density at radius 2 is 2.11 bits per heavy atom. The smallest absolute Gasteiger partial charge is 0.268 e. The van der Waals surface area contributed by atoms with Crippen molar-refractivity contribution in [3.63, 3.8) is 0 Å². The summed E-state index contributed by atoms with van der Waals surface area (Å²) in [6, 6.07) is 15.7. The van der Waals surface area contributed by atoms with Crippen molar-refractivity contribution < 1.29 is 9.59 Å². The zero-order chi connectivity index (χ0) is 19.0. The van der Waals surface area contributed by atoms with Gasteiger partial charge in [0.15, 0.2) is 0 Å². The first-order valence-electron chi connectivity index (χ1n) is 8.42. The predicted octanol–water partition coefficient (Wildman–Crippen LogP) is 3.03. The predicted molar refractivity (Wildman–Crippen MR) is 103 cm³/mol. The molecule has 2 heterocycles. The van der Waals surface area contributed by atoms with E-state index in [1.54, 1.807) is 24.3 Å². The third-order valence-corrected chi connectivity index (χ3v) is 4.87. The van der Waals surface area contributed by atoms with Gasteiger partial charge in [-0.25, -0.2) is 0 Å². The number of anilines is 1. The van der Waals surface area contributed by atoms with E-state index in [9.17, 15) is 9.59 Å². The number of carbonyl (C=O) groups is 2. The van der Waals surface area contributed by atoms with E-state index in [0.717, 1.165) is 22.2 Å². The van der Waals surface area contributed by atoms with E-state index in [-0.39, 0.29) is 18.4 Å². The summed E-state index contributed by atoms with van der Waals surface area (Å²) < 4.78 is 0. The number of nitriles is 1. The lowest BCUT2D eigenvalue weighted by atomic mass is 9.97. The number of fused-ring (bicyclic) bond motifs is 2. The lowest BCUT2D eigenvalue weighted by Gasteiger charge is -2.32. The summed E-state index contributed by atoms with van der Waals surface area (Å²) in [7, 11) is 0. The van der Waals surface area contributed by atoms with Gasteiger partial charge in [-0.3, -0.25) is 14.5 Å². The summed E-state index contributed by atoms with van der Waals surface area (Å²) in [5.41, 5.74) is 2.78. The normalized spacial score (nSPS) is 16.1. The molecule has 6 nitrogen and oxygen atoms in total. The fourth-order valence-corrected chi connectivity index (χ4v) is 3.55. The van der Waals surface area contributed by atoms with Crippen LogP contribution in [0.25, 0.3) is 10.9 Å². The molecule has 1 atom stereocenters. The number of hydrogen-bond acceptors (Lipinski definition) is 3. The number of benzene rings is 2. The van der Waals surface area contributed by atoms with Crippen LogP contribution >= 0.6 is 11.6 Å². The van der Waals surface area contributed by atoms with Gasteiger partial charge in [-0.15, -0.1) is 0 Å². The van der Waals surface area contributed by atoms with Gasteiger partial charge in [0.1, 0.15) is 18.3 Å². The van der Waals surface area contributed by atoms with Crippen LogP contribution in [0.3, 0.4) is 0 Å². The summed E-state index contributed by atoms with van der Waals surface area (Å²) in [5, 5.41) is 13.3. The van der Waals surface area contributed by atoms with Crippen LogP contribution in [0.4, 0.5) is 5.69 Å². The Bertz CT molecular complexity index is 1100. The van der Waals surface area contributed by atoms with Gasteiger partial charge in [0.2, 0.25) is 0 Å². The maximum atomic E-state index is 12.8. The summed E-state index contributed by atoms with van der Waals surface area (Å²) in [6.07, 6.45) is 0.384. The number of carbonyl (C=O) groups excluding carboxylic acids is 2. The van der Waals surface area contributed by atoms with Crippen LogP contribution in [0.2, 0.25) is 5.02 Å². The van der Waals surface area contributed by atoms with E-state index in [4.69, 9.17) is 16.9 Å². The number of para-hydroxylation sites is 1. The maximum Gasteiger partial charge on any atom is 0.268 e. The minimum atomic E-state index is -0.726. The largest absolute Gasteiger partial charge is 0.351 e. The van der Waals surface area contributed by atoms with Crippen molar-refractivity contribution in [1.29, 1.82) is 5.26 Å². The highest BCUT2D eigenvalue weighted by Crippen LogP contribution is 2.28. The number of nitrogens with one attached hydrogen (secondary N) is 2. The number of rotatable bonds is 3. The zero-order valence-corrected chi connectivity index (χ0v) is 15.0. The first-order valence-corrected chi connectivity index (χ1v) is 8.80. The van der Waals surface area contributed by atoms with E-state index in [0.29, 0.717) is 17.1 Å². The number of halogens is 1. The third-order valence-electron chi connectivity index (χ3n) is 4.63. The second kappa shape index (κ2) is 6.78. The topological polar surface area (TPSA) is 89.0 Å². The number of hydrogen-bond donors (Lipinski definition) is 2. The summed E-state index contributed by atoms with van der Waals surface area (Å²) in [5.74, 6) is -0.667. The number of aromatic nitrogens is 1. The van der Waals surface area contributed by atoms with Crippen LogP contribution in [0.15, 0.2) is 48.5 Å². The minimum absolute atomic E-state index is 0.0624. The van der Waals surface area contributed by atoms with Gasteiger partial charge in [-0.1, -0.05) is 29.8 Å². The molecule has 2 N–H and O–H groups in total. The molecule has 0 bridgehead atoms. The molecule has 2 aromatic carbocycles. The lowest BCUT2D eigenvalue weighted by molar-refractivity contribution is -0.120. The highest BCUT2D eigenvalue weighted by molar-refractivity contribution is 6.31. The second-order valence-electron chi connectivity index (χ2n) is 6.36. The Balaban J connectivity index is 1.60. The molecule has 1 aliphatic heterocycles. The Kier molecular flexibility index (Phi) is 4.30. The van der Waals surface area contributed by atoms with Crippen LogP contribution in [-0.4, -0.2) is 29.4 Å². The molecule has 134 valence electrons. The van der Waals surface area contributed by atoms with Crippen molar-refractivity contribution in [3.05, 3.63) is 64.8 Å². The molecular weight excluding hydrogens is 364 g/mol. The Hall–Kier alpha value is -3.30. The van der Waals surface area contributed by atoms with E-state index in [1.165, 1.54) is 4.90 Å². The van der Waals surface area contributed by atoms with E-state index in [2.05, 4.69) is 10.3 Å². The molecule has 0 aliphatic carbocycles. The monoisotopic (exact) mass is 378 g/mol. The molecule has 0 unspecified atom stereocenters. The van der Waals surface area contributed by atoms with E-state index < -0.39 is 6.04 Å². The van der Waals surface area contributed by atoms with Gasteiger partial charge < -0.3 is 10.3 Å². The van der Waals surface area contributed by atoms with Crippen LogP contribution < -0.4 is 10.2 Å². The van der Waals surface area contributed by atoms with Gasteiger partial charge in [-0.05, 0) is 35.9 Å². The Morgan fingerprint density at radius 1 is 1.30 bits per heavy atom. The molecule has 0 saturated carbocycles. The highest BCUT2D eigenvalue weighted by Gasteiger charge is 2.33. The fourth-order valence-electron chi connectivity index (χ4n) is 3.37. The van der Waals surface area contributed by atoms with Gasteiger partial charge >= 0.3 is 0 Å². The van der Waals surface area contributed by atoms with Gasteiger partial charge in [0, 0.05) is 28.0 Å². The highest BCUT2D eigenvalue weighted by atomic mass is 35.5. The van der Waals surface area contributed by atoms with Crippen LogP contribution in [-0.2, 0) is 11.2 Å². The molecule has 27 heavy (non-hydrogen) atoms. The lowest BCUT2D eigenvalue weighted by Crippen LogP contribution is -2.53. The van der Waals surface area contributed by atoms with Crippen molar-refractivity contribution in [2.75, 3.05) is 11.4 Å². The summed E-state index contributed by atoms with van der Waals surface area (Å²) in [6.45, 7) is -0.0624. The Morgan fingerprint density at radius 3 is 2.93 bits per heavy atom. The molecule has 0 spiro atoms. The quantitative estimate of drug-likeness (QED) is 0.686. The average Bonchev–Trinajstić information content (AvgIpc) is 3.08. The summed E-state index contributed by atoms with van der Waals surface area (Å²) >= 11 is 5.98. The molecule has 4 rings (SSSR count).